The van der Waals surface area contributed by atoms with Gasteiger partial charge in [-0.2, -0.15) is 0 Å². The Kier molecular flexibility index (Phi) is 12.8. The predicted octanol–water partition coefficient (Wildman–Crippen LogP) is 8.37. The molecule has 0 aliphatic heterocycles. The molecule has 2 aliphatic rings. The third kappa shape index (κ3) is 10.9. The van der Waals surface area contributed by atoms with Crippen molar-refractivity contribution in [1.82, 2.24) is 10.6 Å². The summed E-state index contributed by atoms with van der Waals surface area (Å²) in [6, 6.07) is 0. The van der Waals surface area contributed by atoms with Gasteiger partial charge in [0.25, 0.3) is 0 Å². The summed E-state index contributed by atoms with van der Waals surface area (Å²) in [6.45, 7) is 26.7. The molecule has 0 fully saturated rings. The summed E-state index contributed by atoms with van der Waals surface area (Å²) in [7, 11) is 9.78. The van der Waals surface area contributed by atoms with Crippen molar-refractivity contribution in [3.8, 4) is 0 Å². The van der Waals surface area contributed by atoms with Gasteiger partial charge >= 0.3 is 35.6 Å². The second-order valence-corrected chi connectivity index (χ2v) is 16.7. The Hall–Kier alpha value is -1.33. The molecule has 0 unspecified atom stereocenters. The first kappa shape index (κ1) is 35.7. The Balaban J connectivity index is 0.00000242. The Labute approximate surface area is 254 Å². The zero-order valence-electron chi connectivity index (χ0n) is 26.0. The van der Waals surface area contributed by atoms with Crippen LogP contribution < -0.4 is 10.6 Å². The summed E-state index contributed by atoms with van der Waals surface area (Å²) in [6.07, 6.45) is 11.8. The molecular weight excluding hydrogens is 563 g/mol. The van der Waals surface area contributed by atoms with Crippen LogP contribution in [0, 0.1) is 21.7 Å². The van der Waals surface area contributed by atoms with Crippen LogP contribution >= 0.6 is 18.6 Å². The zero-order chi connectivity index (χ0) is 30.4. The zero-order valence-corrected chi connectivity index (χ0v) is 29.0. The van der Waals surface area contributed by atoms with Crippen molar-refractivity contribution in [3.05, 3.63) is 70.1 Å². The van der Waals surface area contributed by atoms with Crippen LogP contribution in [0.1, 0.15) is 83.1 Å². The van der Waals surface area contributed by atoms with E-state index in [4.69, 9.17) is 18.6 Å². The average molecular weight is 612 g/mol. The molecule has 0 bridgehead atoms. The number of rotatable bonds is 5. The first-order chi connectivity index (χ1) is 17.6. The first-order valence-corrected chi connectivity index (χ1v) is 17.8. The van der Waals surface area contributed by atoms with Gasteiger partial charge in [-0.25, -0.2) is 0 Å². The van der Waals surface area contributed by atoms with Crippen LogP contribution in [0.4, 0.5) is 0 Å². The van der Waals surface area contributed by atoms with Gasteiger partial charge in [0.1, 0.15) is 0 Å². The van der Waals surface area contributed by atoms with Crippen molar-refractivity contribution in [2.45, 2.75) is 83.1 Å². The third-order valence-corrected chi connectivity index (χ3v) is 6.51. The molecule has 0 atom stereocenters. The van der Waals surface area contributed by atoms with E-state index in [9.17, 15) is 9.59 Å². The molecule has 0 saturated carbocycles. The van der Waals surface area contributed by atoms with Crippen LogP contribution in [0.3, 0.4) is 0 Å². The number of halogens is 2. The fourth-order valence-electron chi connectivity index (χ4n) is 4.01. The van der Waals surface area contributed by atoms with Crippen molar-refractivity contribution in [3.63, 3.8) is 0 Å². The summed E-state index contributed by atoms with van der Waals surface area (Å²) in [5.41, 5.74) is 4.83. The van der Waals surface area contributed by atoms with Gasteiger partial charge in [-0.3, -0.25) is 9.59 Å². The molecule has 216 valence electrons. The van der Waals surface area contributed by atoms with E-state index in [2.05, 4.69) is 106 Å². The molecule has 0 saturated heterocycles. The Morgan fingerprint density at radius 2 is 0.872 bits per heavy atom. The third-order valence-electron chi connectivity index (χ3n) is 6.51. The quantitative estimate of drug-likeness (QED) is 0.186. The Bertz CT molecular complexity index is 1020. The molecule has 0 aromatic heterocycles. The number of carbonyl (C=O) groups excluding carboxylic acids is 2. The van der Waals surface area contributed by atoms with Crippen molar-refractivity contribution in [1.29, 1.82) is 0 Å². The molecule has 7 heteroatoms. The van der Waals surface area contributed by atoms with E-state index in [1.54, 1.807) is 0 Å². The SMILES string of the molecule is CC(C)(C)C1=C/C(=C/NCCN/C=C2/C=C(C(C)(C)C)C=C(C(C)(C)C)C2=O)C(=O)C(C(C)(C)C)=C1.[Cl][Ti][Cl]. The number of carbonyl (C=O) groups is 2. The molecule has 0 heterocycles. The van der Waals surface area contributed by atoms with E-state index in [0.717, 1.165) is 22.3 Å². The van der Waals surface area contributed by atoms with E-state index in [1.807, 2.05) is 24.6 Å². The van der Waals surface area contributed by atoms with E-state index in [-0.39, 0.29) is 33.2 Å². The molecular formula is C32H48Cl2N2O2Ti. The molecule has 4 nitrogen and oxygen atoms in total. The average Bonchev–Trinajstić information content (AvgIpc) is 2.75. The second-order valence-electron chi connectivity index (χ2n) is 14.2. The minimum atomic E-state index is -0.556. The molecule has 2 rings (SSSR count). The Morgan fingerprint density at radius 1 is 0.590 bits per heavy atom. The summed E-state index contributed by atoms with van der Waals surface area (Å²) < 4.78 is 0. The van der Waals surface area contributed by atoms with Crippen molar-refractivity contribution in [2.75, 3.05) is 13.1 Å². The molecule has 2 N–H and O–H groups in total. The van der Waals surface area contributed by atoms with Crippen molar-refractivity contribution in [2.24, 2.45) is 21.7 Å². The molecule has 0 spiro atoms. The van der Waals surface area contributed by atoms with E-state index in [1.165, 1.54) is 0 Å². The predicted molar refractivity (Wildman–Crippen MR) is 164 cm³/mol. The number of hydrogen-bond donors (Lipinski definition) is 2. The fourth-order valence-corrected chi connectivity index (χ4v) is 4.01. The molecule has 0 amide bonds. The molecule has 2 aliphatic carbocycles. The number of hydrogen-bond acceptors (Lipinski definition) is 4. The summed E-state index contributed by atoms with van der Waals surface area (Å²) in [4.78, 5) is 26.3. The van der Waals surface area contributed by atoms with Gasteiger partial charge in [-0.05, 0) is 45.0 Å². The summed E-state index contributed by atoms with van der Waals surface area (Å²) in [5.74, 6) is 0.152. The normalized spacial score (nSPS) is 19.0. The van der Waals surface area contributed by atoms with Crippen LogP contribution in [0.15, 0.2) is 70.1 Å². The van der Waals surface area contributed by atoms with Crippen LogP contribution in [-0.2, 0) is 26.6 Å². The van der Waals surface area contributed by atoms with Gasteiger partial charge in [-0.1, -0.05) is 95.2 Å². The molecule has 39 heavy (non-hydrogen) atoms. The van der Waals surface area contributed by atoms with Gasteiger partial charge in [0.2, 0.25) is 0 Å². The maximum atomic E-state index is 13.1. The van der Waals surface area contributed by atoms with Crippen LogP contribution in [0.25, 0.3) is 0 Å². The number of Topliss-reactive ketones (excluding diaryl/α,β-unsaturated/α-hetero) is 2. The van der Waals surface area contributed by atoms with Gasteiger partial charge < -0.3 is 10.6 Å². The minimum absolute atomic E-state index is 0.0453. The molecule has 0 radical (unpaired) electrons. The van der Waals surface area contributed by atoms with Crippen LogP contribution in [0.2, 0.25) is 0 Å². The van der Waals surface area contributed by atoms with Crippen molar-refractivity contribution >= 4 is 30.2 Å². The summed E-state index contributed by atoms with van der Waals surface area (Å²) in [5, 5.41) is 6.57. The number of ketones is 2. The van der Waals surface area contributed by atoms with E-state index in [0.29, 0.717) is 24.2 Å². The monoisotopic (exact) mass is 610 g/mol. The van der Waals surface area contributed by atoms with Gasteiger partial charge in [0.15, 0.2) is 11.6 Å². The topological polar surface area (TPSA) is 58.2 Å². The van der Waals surface area contributed by atoms with Gasteiger partial charge in [0.05, 0.1) is 0 Å². The van der Waals surface area contributed by atoms with Crippen molar-refractivity contribution < 1.29 is 26.6 Å². The van der Waals surface area contributed by atoms with Gasteiger partial charge in [0, 0.05) is 47.8 Å². The first-order valence-electron chi connectivity index (χ1n) is 13.5. The number of allylic oxidation sites excluding steroid dienone is 10. The summed E-state index contributed by atoms with van der Waals surface area (Å²) >= 11 is -0.556. The van der Waals surface area contributed by atoms with Gasteiger partial charge in [-0.15, -0.1) is 0 Å². The standard InChI is InChI=1S/C32H48N2O2.2ClH.Ti/c1-29(2,3)23-15-21(27(35)25(17-23)31(7,8)9)19-33-13-14-34-20-22-16-24(30(4,5)6)18-26(28(22)36)32(10,11)12;;;/h15-20,33-34H,13-14H2,1-12H3;2*1H;/q;;;+2/p-2/b21-19-,22-20-;;;. The molecule has 0 aromatic carbocycles. The maximum absolute atomic E-state index is 13.1. The Morgan fingerprint density at radius 3 is 1.10 bits per heavy atom. The van der Waals surface area contributed by atoms with Crippen LogP contribution in [0.5, 0.6) is 0 Å². The molecule has 0 aromatic rings. The van der Waals surface area contributed by atoms with E-state index < -0.39 is 17.0 Å². The van der Waals surface area contributed by atoms with Crippen LogP contribution in [-0.4, -0.2) is 24.7 Å². The second kappa shape index (κ2) is 14.0. The number of nitrogens with one attached hydrogen (secondary N) is 2. The fraction of sp³-hybridized carbons (Fsp3) is 0.562. The van der Waals surface area contributed by atoms with E-state index >= 15 is 0 Å².